The number of hydrogen-bond acceptors (Lipinski definition) is 7. The van der Waals surface area contributed by atoms with E-state index in [1.54, 1.807) is 0 Å². The number of ether oxygens (including phenoxy) is 7. The number of benzene rings is 10. The third-order valence-corrected chi connectivity index (χ3v) is 25.7. The highest BCUT2D eigenvalue weighted by Gasteiger charge is 2.25. The van der Waals surface area contributed by atoms with E-state index in [0.29, 0.717) is 79.8 Å². The fourth-order valence-electron chi connectivity index (χ4n) is 17.3. The predicted molar refractivity (Wildman–Crippen MR) is 571 cm³/mol. The van der Waals surface area contributed by atoms with Crippen LogP contribution in [-0.4, -0.2) is 46.2 Å². The van der Waals surface area contributed by atoms with E-state index in [9.17, 15) is 0 Å². The van der Waals surface area contributed by atoms with Crippen molar-refractivity contribution in [3.05, 3.63) is 241 Å². The molecule has 0 amide bonds. The molecule has 10 aromatic rings. The molecule has 0 heterocycles. The fraction of sp³-hybridized carbons (Fsp3) is 0.496. The predicted octanol–water partition coefficient (Wildman–Crippen LogP) is 34.4. The quantitative estimate of drug-likeness (QED) is 0.0214. The maximum absolute atomic E-state index is 7.49. The van der Waals surface area contributed by atoms with E-state index >= 15 is 0 Å². The van der Waals surface area contributed by atoms with E-state index in [1.165, 1.54) is 143 Å². The molecule has 10 aromatic carbocycles. The van der Waals surface area contributed by atoms with Crippen LogP contribution in [0.4, 0.5) is 0 Å². The molecule has 7 nitrogen and oxygen atoms in total. The SMILES string of the molecule is CCCCCCOc1cc2c3cc(OCCCCCC)c(OCCCCCC)cc3c3cc(OCCCCCCCCOc4c(C#Cc5ccc(CCCCC)cc5)c(C#Cc5ccc(CCCCC)cc5)c(C#Cc5ccc(CCCCC)cc5)c(C#Cc5ccc(CCCCC)cc5)c4C#Cc4ccc(CCCCC)cc4)c(OCCCCCC)cc3c2cc1OCCCCCC. The van der Waals surface area contributed by atoms with Gasteiger partial charge in [-0.2, -0.15) is 0 Å². The molecule has 134 heavy (non-hydrogen) atoms. The van der Waals surface area contributed by atoms with Crippen LogP contribution in [0.15, 0.2) is 158 Å². The smallest absolute Gasteiger partial charge is 0.161 e. The van der Waals surface area contributed by atoms with Crippen molar-refractivity contribution in [1.29, 1.82) is 0 Å². The fourth-order valence-corrected chi connectivity index (χ4v) is 17.3. The molecule has 0 unspecified atom stereocenters. The first-order valence-corrected chi connectivity index (χ1v) is 53.4. The van der Waals surface area contributed by atoms with Gasteiger partial charge < -0.3 is 33.2 Å². The van der Waals surface area contributed by atoms with Crippen molar-refractivity contribution in [2.24, 2.45) is 0 Å². The van der Waals surface area contributed by atoms with Gasteiger partial charge in [-0.25, -0.2) is 0 Å². The van der Waals surface area contributed by atoms with Gasteiger partial charge in [0.1, 0.15) is 0 Å². The largest absolute Gasteiger partial charge is 0.491 e. The molecular formula is C127H162O7. The number of hydrogen-bond donors (Lipinski definition) is 0. The Hall–Kier alpha value is -10.6. The summed E-state index contributed by atoms with van der Waals surface area (Å²) in [6.07, 6.45) is 50.8. The molecule has 7 heteroatoms. The van der Waals surface area contributed by atoms with Gasteiger partial charge in [0.25, 0.3) is 0 Å². The molecule has 0 aromatic heterocycles. The summed E-state index contributed by atoms with van der Waals surface area (Å²) in [6.45, 7) is 26.7. The van der Waals surface area contributed by atoms with Crippen molar-refractivity contribution in [3.8, 4) is 99.5 Å². The van der Waals surface area contributed by atoms with Crippen LogP contribution >= 0.6 is 0 Å². The van der Waals surface area contributed by atoms with Gasteiger partial charge in [0.15, 0.2) is 40.2 Å². The summed E-state index contributed by atoms with van der Waals surface area (Å²) in [7, 11) is 0. The van der Waals surface area contributed by atoms with Crippen LogP contribution in [0.25, 0.3) is 32.3 Å². The van der Waals surface area contributed by atoms with Gasteiger partial charge in [-0.05, 0) is 266 Å². The summed E-state index contributed by atoms with van der Waals surface area (Å²) in [4.78, 5) is 0. The van der Waals surface area contributed by atoms with Crippen molar-refractivity contribution >= 4 is 32.3 Å². The molecule has 0 aliphatic heterocycles. The zero-order valence-electron chi connectivity index (χ0n) is 84.3. The maximum Gasteiger partial charge on any atom is 0.161 e. The molecule has 712 valence electrons. The van der Waals surface area contributed by atoms with Crippen LogP contribution in [0.3, 0.4) is 0 Å². The third kappa shape index (κ3) is 35.9. The first-order valence-electron chi connectivity index (χ1n) is 53.4. The zero-order chi connectivity index (χ0) is 94.0. The summed E-state index contributed by atoms with van der Waals surface area (Å²) in [5.74, 6) is 42.7. The van der Waals surface area contributed by atoms with Crippen molar-refractivity contribution in [2.45, 2.75) is 365 Å². The highest BCUT2D eigenvalue weighted by molar-refractivity contribution is 6.27. The molecule has 0 saturated carbocycles. The van der Waals surface area contributed by atoms with Crippen molar-refractivity contribution < 1.29 is 33.2 Å². The van der Waals surface area contributed by atoms with Gasteiger partial charge in [-0.1, -0.05) is 375 Å². The second-order valence-electron chi connectivity index (χ2n) is 37.1. The average Bonchev–Trinajstić information content (AvgIpc) is 0.725. The lowest BCUT2D eigenvalue weighted by atomic mass is 9.89. The van der Waals surface area contributed by atoms with Crippen molar-refractivity contribution in [3.63, 3.8) is 0 Å². The van der Waals surface area contributed by atoms with Crippen LogP contribution in [0, 0.1) is 59.2 Å². The lowest BCUT2D eigenvalue weighted by molar-refractivity contribution is 0.258. The van der Waals surface area contributed by atoms with E-state index < -0.39 is 0 Å². The molecule has 0 N–H and O–H groups in total. The lowest BCUT2D eigenvalue weighted by Gasteiger charge is -2.21. The molecule has 0 saturated heterocycles. The van der Waals surface area contributed by atoms with Crippen LogP contribution in [0.2, 0.25) is 0 Å². The zero-order valence-corrected chi connectivity index (χ0v) is 84.3. The monoisotopic (exact) mass is 1800 g/mol. The molecule has 0 spiro atoms. The van der Waals surface area contributed by atoms with E-state index in [2.05, 4.69) is 286 Å². The molecule has 0 aliphatic carbocycles. The highest BCUT2D eigenvalue weighted by Crippen LogP contribution is 2.48. The molecule has 0 atom stereocenters. The number of rotatable bonds is 61. The Morgan fingerprint density at radius 2 is 0.313 bits per heavy atom. The van der Waals surface area contributed by atoms with E-state index in [-0.39, 0.29) is 0 Å². The highest BCUT2D eigenvalue weighted by atomic mass is 16.5. The van der Waals surface area contributed by atoms with Gasteiger partial charge in [0, 0.05) is 27.8 Å². The van der Waals surface area contributed by atoms with Gasteiger partial charge >= 0.3 is 0 Å². The summed E-state index contributed by atoms with van der Waals surface area (Å²) >= 11 is 0. The number of unbranched alkanes of at least 4 members (excludes halogenated alkanes) is 30. The Labute approximate surface area is 811 Å². The Morgan fingerprint density at radius 1 is 0.157 bits per heavy atom. The van der Waals surface area contributed by atoms with Crippen molar-refractivity contribution in [2.75, 3.05) is 46.2 Å². The van der Waals surface area contributed by atoms with E-state index in [0.717, 1.165) is 274 Å². The van der Waals surface area contributed by atoms with Crippen LogP contribution in [0.5, 0.6) is 40.2 Å². The second-order valence-corrected chi connectivity index (χ2v) is 37.1. The second kappa shape index (κ2) is 62.8. The molecule has 10 rings (SSSR count). The minimum absolute atomic E-state index is 0.425. The van der Waals surface area contributed by atoms with Gasteiger partial charge in [-0.15, -0.1) is 0 Å². The summed E-state index contributed by atoms with van der Waals surface area (Å²) in [5.41, 5.74) is 14.5. The Kier molecular flexibility index (Phi) is 49.5. The normalized spacial score (nSPS) is 11.0. The Morgan fingerprint density at radius 3 is 0.507 bits per heavy atom. The maximum atomic E-state index is 7.49. The standard InChI is InChI=1S/C127H162O7/c1-11-21-31-45-87-128-121-94-115-116-95-122(129-88-46-32-22-12-2)124(131-90-48-34-24-14-4)97-118(116)120-99-126(125(132-91-49-35-25-15-5)98-119(120)117(115)96-123(121)130-89-47-33-23-13-3)133-92-50-38-36-37-39-51-93-134-127-113(85-80-108-73-63-103(64-74-108)55-43-29-19-9)111(83-78-106-69-59-101(60-70-106)53-41-27-17-7)110(82-77-105-67-57-100(58-68-105)52-40-26-16-6)112(84-79-107-71-61-102(62-72-107)54-42-28-18-8)114(127)86-81-109-75-65-104(66-76-109)56-44-30-20-10/h57-76,94-99H,11-56,87-93H2,1-10H3. The minimum Gasteiger partial charge on any atom is -0.491 e. The summed E-state index contributed by atoms with van der Waals surface area (Å²) in [6, 6.07) is 57.6. The van der Waals surface area contributed by atoms with E-state index in [4.69, 9.17) is 33.2 Å². The van der Waals surface area contributed by atoms with Crippen LogP contribution in [-0.2, 0) is 32.1 Å². The minimum atomic E-state index is 0.425. The van der Waals surface area contributed by atoms with Gasteiger partial charge in [-0.3, -0.25) is 0 Å². The van der Waals surface area contributed by atoms with Gasteiger partial charge in [0.05, 0.1) is 74.1 Å². The summed E-state index contributed by atoms with van der Waals surface area (Å²) in [5, 5.41) is 6.48. The Bertz CT molecular complexity index is 5220. The molecule has 0 radical (unpaired) electrons. The van der Waals surface area contributed by atoms with Crippen LogP contribution in [0.1, 0.15) is 416 Å². The Balaban J connectivity index is 1.03. The van der Waals surface area contributed by atoms with Crippen molar-refractivity contribution in [1.82, 2.24) is 0 Å². The van der Waals surface area contributed by atoms with E-state index in [1.807, 2.05) is 0 Å². The number of fused-ring (bicyclic) bond motifs is 6. The number of aryl methyl sites for hydroxylation is 5. The molecule has 0 bridgehead atoms. The molecule has 0 fully saturated rings. The topological polar surface area (TPSA) is 64.6 Å². The molecular weight excluding hydrogens is 1640 g/mol. The first-order chi connectivity index (χ1) is 66.1. The lowest BCUT2D eigenvalue weighted by Crippen LogP contribution is -2.08. The average molecular weight is 1800 g/mol. The van der Waals surface area contributed by atoms with Gasteiger partial charge in [0.2, 0.25) is 0 Å². The third-order valence-electron chi connectivity index (χ3n) is 25.7. The summed E-state index contributed by atoms with van der Waals surface area (Å²) < 4.78 is 48.9. The molecule has 0 aliphatic rings. The van der Waals surface area contributed by atoms with Crippen LogP contribution < -0.4 is 33.2 Å². The first kappa shape index (κ1) is 105.